The molecule has 0 saturated carbocycles. The number of nitrogens with zero attached hydrogens (tertiary/aromatic N) is 3. The van der Waals surface area contributed by atoms with Crippen LogP contribution in [0.5, 0.6) is 0 Å². The average molecular weight is 378 g/mol. The van der Waals surface area contributed by atoms with Crippen molar-refractivity contribution in [3.8, 4) is 0 Å². The van der Waals surface area contributed by atoms with Crippen LogP contribution in [0, 0.1) is 0 Å². The zero-order chi connectivity index (χ0) is 17.6. The van der Waals surface area contributed by atoms with Crippen LogP contribution >= 0.6 is 23.2 Å². The summed E-state index contributed by atoms with van der Waals surface area (Å²) in [6, 6.07) is 10.9. The molecule has 0 bridgehead atoms. The Morgan fingerprint density at radius 1 is 1.20 bits per heavy atom. The number of carbonyl (C=O) groups excluding carboxylic acids is 1. The molecule has 128 valence electrons. The molecule has 0 aliphatic carbocycles. The third kappa shape index (κ3) is 2.98. The van der Waals surface area contributed by atoms with Crippen molar-refractivity contribution >= 4 is 40.1 Å². The third-order valence-electron chi connectivity index (χ3n) is 4.32. The van der Waals surface area contributed by atoms with Crippen molar-refractivity contribution < 1.29 is 9.18 Å². The highest BCUT2D eigenvalue weighted by Crippen LogP contribution is 2.26. The minimum Gasteiger partial charge on any atom is -0.331 e. The molecular weight excluding hydrogens is 364 g/mol. The van der Waals surface area contributed by atoms with Gasteiger partial charge in [0.2, 0.25) is 0 Å². The van der Waals surface area contributed by atoms with Crippen LogP contribution in [-0.4, -0.2) is 39.6 Å². The van der Waals surface area contributed by atoms with Crippen LogP contribution in [0.4, 0.5) is 4.39 Å². The summed E-state index contributed by atoms with van der Waals surface area (Å²) in [6.07, 6.45) is 0.748. The van der Waals surface area contributed by atoms with Crippen molar-refractivity contribution in [3.63, 3.8) is 0 Å². The molecular formula is C18H14Cl2FN3O. The highest BCUT2D eigenvalue weighted by Gasteiger charge is 2.33. The lowest BCUT2D eigenvalue weighted by atomic mass is 10.1. The Bertz CT molecular complexity index is 966. The van der Waals surface area contributed by atoms with E-state index in [1.54, 1.807) is 24.4 Å². The van der Waals surface area contributed by atoms with Gasteiger partial charge in [0.15, 0.2) is 0 Å². The van der Waals surface area contributed by atoms with E-state index < -0.39 is 6.17 Å². The van der Waals surface area contributed by atoms with Crippen molar-refractivity contribution in [2.45, 2.75) is 12.7 Å². The van der Waals surface area contributed by atoms with Gasteiger partial charge in [0, 0.05) is 18.1 Å². The van der Waals surface area contributed by atoms with Gasteiger partial charge in [-0.3, -0.25) is 4.79 Å². The van der Waals surface area contributed by atoms with Crippen LogP contribution in [0.15, 0.2) is 42.6 Å². The largest absolute Gasteiger partial charge is 0.331 e. The molecule has 1 amide bonds. The molecule has 0 radical (unpaired) electrons. The number of rotatable bonds is 3. The zero-order valence-electron chi connectivity index (χ0n) is 13.1. The molecule has 1 aliphatic rings. The number of halogens is 3. The van der Waals surface area contributed by atoms with Gasteiger partial charge in [-0.25, -0.2) is 9.37 Å². The van der Waals surface area contributed by atoms with Gasteiger partial charge in [-0.05, 0) is 35.9 Å². The molecule has 1 saturated heterocycles. The number of hydrogen-bond acceptors (Lipinski definition) is 2. The van der Waals surface area contributed by atoms with Crippen molar-refractivity contribution in [1.29, 1.82) is 0 Å². The molecule has 0 unspecified atom stereocenters. The van der Waals surface area contributed by atoms with Gasteiger partial charge >= 0.3 is 0 Å². The molecule has 4 rings (SSSR count). The molecule has 7 heteroatoms. The Labute approximate surface area is 153 Å². The van der Waals surface area contributed by atoms with Crippen LogP contribution in [0.3, 0.4) is 0 Å². The molecule has 3 heterocycles. The van der Waals surface area contributed by atoms with Crippen LogP contribution in [0.2, 0.25) is 10.0 Å². The number of fused-ring (bicyclic) bond motifs is 1. The van der Waals surface area contributed by atoms with Crippen LogP contribution in [0.25, 0.3) is 11.0 Å². The van der Waals surface area contributed by atoms with E-state index in [9.17, 15) is 9.18 Å². The molecule has 25 heavy (non-hydrogen) atoms. The van der Waals surface area contributed by atoms with Crippen molar-refractivity contribution in [3.05, 3.63) is 63.9 Å². The maximum Gasteiger partial charge on any atom is 0.270 e. The summed E-state index contributed by atoms with van der Waals surface area (Å²) in [7, 11) is 0. The number of likely N-dealkylation sites (tertiary alicyclic amines) is 1. The fourth-order valence-corrected chi connectivity index (χ4v) is 3.32. The molecule has 3 aromatic rings. The summed E-state index contributed by atoms with van der Waals surface area (Å²) >= 11 is 12.1. The lowest BCUT2D eigenvalue weighted by Crippen LogP contribution is -2.51. The van der Waals surface area contributed by atoms with E-state index in [4.69, 9.17) is 23.2 Å². The van der Waals surface area contributed by atoms with E-state index in [0.29, 0.717) is 27.9 Å². The average Bonchev–Trinajstić information content (AvgIpc) is 2.93. The van der Waals surface area contributed by atoms with Crippen molar-refractivity contribution in [1.82, 2.24) is 14.5 Å². The molecule has 1 fully saturated rings. The number of aromatic nitrogens is 2. The smallest absolute Gasteiger partial charge is 0.270 e. The topological polar surface area (TPSA) is 38.1 Å². The Balaban J connectivity index is 1.76. The van der Waals surface area contributed by atoms with E-state index in [1.807, 2.05) is 22.8 Å². The SMILES string of the molecule is O=C(c1cc2cccnc2n1Cc1ccc(Cl)c(Cl)c1)N1CC(F)C1. The molecule has 0 atom stereocenters. The highest BCUT2D eigenvalue weighted by atomic mass is 35.5. The molecule has 1 aliphatic heterocycles. The first-order valence-electron chi connectivity index (χ1n) is 7.84. The summed E-state index contributed by atoms with van der Waals surface area (Å²) in [5, 5.41) is 1.80. The first kappa shape index (κ1) is 16.4. The summed E-state index contributed by atoms with van der Waals surface area (Å²) < 4.78 is 15.0. The lowest BCUT2D eigenvalue weighted by molar-refractivity contribution is 0.0391. The summed E-state index contributed by atoms with van der Waals surface area (Å²) in [4.78, 5) is 18.6. The first-order valence-corrected chi connectivity index (χ1v) is 8.60. The number of hydrogen-bond donors (Lipinski definition) is 0. The predicted molar refractivity (Wildman–Crippen MR) is 96.1 cm³/mol. The summed E-state index contributed by atoms with van der Waals surface area (Å²) in [6.45, 7) is 0.701. The highest BCUT2D eigenvalue weighted by molar-refractivity contribution is 6.42. The van der Waals surface area contributed by atoms with Gasteiger partial charge in [0.05, 0.1) is 23.1 Å². The second-order valence-electron chi connectivity index (χ2n) is 6.09. The fraction of sp³-hybridized carbons (Fsp3) is 0.222. The maximum atomic E-state index is 13.1. The first-order chi connectivity index (χ1) is 12.0. The second kappa shape index (κ2) is 6.32. The van der Waals surface area contributed by atoms with Gasteiger partial charge in [0.1, 0.15) is 17.5 Å². The Kier molecular flexibility index (Phi) is 4.13. The van der Waals surface area contributed by atoms with Gasteiger partial charge in [-0.2, -0.15) is 0 Å². The van der Waals surface area contributed by atoms with Gasteiger partial charge in [0.25, 0.3) is 5.91 Å². The standard InChI is InChI=1S/C18H14Cl2FN3O/c19-14-4-3-11(6-15(14)20)8-24-16(18(25)23-9-13(21)10-23)7-12-2-1-5-22-17(12)24/h1-7,13H,8-10H2. The van der Waals surface area contributed by atoms with Gasteiger partial charge in [-0.1, -0.05) is 29.3 Å². The van der Waals surface area contributed by atoms with Crippen LogP contribution < -0.4 is 0 Å². The van der Waals surface area contributed by atoms with E-state index in [2.05, 4.69) is 4.98 Å². The van der Waals surface area contributed by atoms with E-state index in [-0.39, 0.29) is 19.0 Å². The predicted octanol–water partition coefficient (Wildman–Crippen LogP) is 4.19. The number of benzene rings is 1. The second-order valence-corrected chi connectivity index (χ2v) is 6.90. The van der Waals surface area contributed by atoms with Crippen LogP contribution in [0.1, 0.15) is 16.1 Å². The minimum absolute atomic E-state index is 0.139. The number of pyridine rings is 1. The maximum absolute atomic E-state index is 13.1. The third-order valence-corrected chi connectivity index (χ3v) is 5.06. The minimum atomic E-state index is -0.935. The Morgan fingerprint density at radius 2 is 2.00 bits per heavy atom. The normalized spacial score (nSPS) is 14.8. The number of amides is 1. The van der Waals surface area contributed by atoms with E-state index >= 15 is 0 Å². The molecule has 0 N–H and O–H groups in total. The van der Waals surface area contributed by atoms with Gasteiger partial charge in [-0.15, -0.1) is 0 Å². The summed E-state index contributed by atoms with van der Waals surface area (Å²) in [5.41, 5.74) is 2.10. The monoisotopic (exact) mass is 377 g/mol. The van der Waals surface area contributed by atoms with E-state index in [0.717, 1.165) is 10.9 Å². The zero-order valence-corrected chi connectivity index (χ0v) is 14.6. The number of carbonyl (C=O) groups is 1. The Morgan fingerprint density at radius 3 is 2.72 bits per heavy atom. The van der Waals surface area contributed by atoms with E-state index in [1.165, 1.54) is 4.90 Å². The fourth-order valence-electron chi connectivity index (χ4n) is 3.00. The summed E-state index contributed by atoms with van der Waals surface area (Å²) in [5.74, 6) is -0.188. The van der Waals surface area contributed by atoms with Crippen molar-refractivity contribution in [2.24, 2.45) is 0 Å². The van der Waals surface area contributed by atoms with Crippen molar-refractivity contribution in [2.75, 3.05) is 13.1 Å². The van der Waals surface area contributed by atoms with Crippen LogP contribution in [-0.2, 0) is 6.54 Å². The lowest BCUT2D eigenvalue weighted by Gasteiger charge is -2.34. The molecule has 0 spiro atoms. The quantitative estimate of drug-likeness (QED) is 0.686. The Hall–Kier alpha value is -2.11. The van der Waals surface area contributed by atoms with Gasteiger partial charge < -0.3 is 9.47 Å². The molecule has 4 nitrogen and oxygen atoms in total. The molecule has 1 aromatic carbocycles. The molecule has 2 aromatic heterocycles. The number of alkyl halides is 1.